The number of guanidine groups is 1. The van der Waals surface area contributed by atoms with Crippen molar-refractivity contribution in [1.82, 2.24) is 15.6 Å². The number of aromatic nitrogens is 1. The fourth-order valence-corrected chi connectivity index (χ4v) is 2.98. The van der Waals surface area contributed by atoms with Crippen LogP contribution >= 0.6 is 47.1 Å². The van der Waals surface area contributed by atoms with Gasteiger partial charge in [-0.05, 0) is 26.7 Å². The molecule has 0 aliphatic carbocycles. The maximum Gasteiger partial charge on any atom is 0.191 e. The molecule has 20 heavy (non-hydrogen) atoms. The number of nitrogens with one attached hydrogen (secondary N) is 2. The Labute approximate surface area is 147 Å². The average molecular weight is 428 g/mol. The van der Waals surface area contributed by atoms with Gasteiger partial charge >= 0.3 is 0 Å². The zero-order valence-corrected chi connectivity index (χ0v) is 16.4. The van der Waals surface area contributed by atoms with E-state index in [0.29, 0.717) is 6.04 Å². The van der Waals surface area contributed by atoms with Gasteiger partial charge in [-0.2, -0.15) is 0 Å². The van der Waals surface area contributed by atoms with Crippen molar-refractivity contribution in [3.8, 4) is 0 Å². The topological polar surface area (TPSA) is 49.3 Å². The molecule has 1 aromatic heterocycles. The molecule has 0 aliphatic heterocycles. The van der Waals surface area contributed by atoms with E-state index >= 15 is 0 Å². The maximum absolute atomic E-state index is 4.58. The van der Waals surface area contributed by atoms with Gasteiger partial charge < -0.3 is 10.6 Å². The molecule has 1 atom stereocenters. The lowest BCUT2D eigenvalue weighted by molar-refractivity contribution is 0.624. The van der Waals surface area contributed by atoms with Gasteiger partial charge in [0.15, 0.2) is 5.96 Å². The summed E-state index contributed by atoms with van der Waals surface area (Å²) in [5.74, 6) is 2.00. The van der Waals surface area contributed by atoms with Crippen LogP contribution < -0.4 is 10.6 Å². The SMILES string of the molecule is CCNC(=NCCCSc1nccs1)NC(C)CC.I. The van der Waals surface area contributed by atoms with Gasteiger partial charge in [-0.3, -0.25) is 4.99 Å². The second-order valence-electron chi connectivity index (χ2n) is 4.21. The van der Waals surface area contributed by atoms with E-state index in [4.69, 9.17) is 0 Å². The van der Waals surface area contributed by atoms with Crippen LogP contribution in [0.15, 0.2) is 20.9 Å². The molecule has 1 aromatic rings. The van der Waals surface area contributed by atoms with Gasteiger partial charge in [0.1, 0.15) is 4.34 Å². The second-order valence-corrected chi connectivity index (χ2v) is 6.45. The number of thioether (sulfide) groups is 1. The Bertz CT molecular complexity index is 357. The molecule has 2 N–H and O–H groups in total. The molecule has 0 saturated heterocycles. The predicted molar refractivity (Wildman–Crippen MR) is 102 cm³/mol. The summed E-state index contributed by atoms with van der Waals surface area (Å²) in [7, 11) is 0. The highest BCUT2D eigenvalue weighted by Gasteiger charge is 2.02. The number of rotatable bonds is 8. The number of hydrogen-bond donors (Lipinski definition) is 2. The molecule has 0 bridgehead atoms. The highest BCUT2D eigenvalue weighted by Crippen LogP contribution is 2.20. The first kappa shape index (κ1) is 20.0. The lowest BCUT2D eigenvalue weighted by atomic mass is 10.3. The van der Waals surface area contributed by atoms with E-state index in [1.54, 1.807) is 11.3 Å². The summed E-state index contributed by atoms with van der Waals surface area (Å²) >= 11 is 3.51. The van der Waals surface area contributed by atoms with Crippen molar-refractivity contribution in [2.75, 3.05) is 18.8 Å². The number of halogens is 1. The summed E-state index contributed by atoms with van der Waals surface area (Å²) in [6.45, 7) is 8.18. The number of nitrogens with zero attached hydrogens (tertiary/aromatic N) is 2. The molecule has 0 saturated carbocycles. The van der Waals surface area contributed by atoms with E-state index in [-0.39, 0.29) is 24.0 Å². The molecular weight excluding hydrogens is 403 g/mol. The van der Waals surface area contributed by atoms with Crippen LogP contribution in [0.5, 0.6) is 0 Å². The zero-order chi connectivity index (χ0) is 13.9. The Morgan fingerprint density at radius 3 is 2.90 bits per heavy atom. The van der Waals surface area contributed by atoms with Gasteiger partial charge in [-0.25, -0.2) is 4.98 Å². The highest BCUT2D eigenvalue weighted by molar-refractivity contribution is 14.0. The van der Waals surface area contributed by atoms with Crippen LogP contribution in [-0.2, 0) is 0 Å². The molecule has 0 fully saturated rings. The third-order valence-corrected chi connectivity index (χ3v) is 4.60. The maximum atomic E-state index is 4.58. The van der Waals surface area contributed by atoms with E-state index in [0.717, 1.165) is 42.0 Å². The lowest BCUT2D eigenvalue weighted by Crippen LogP contribution is -2.42. The van der Waals surface area contributed by atoms with E-state index in [1.165, 1.54) is 0 Å². The molecule has 0 radical (unpaired) electrons. The van der Waals surface area contributed by atoms with Crippen molar-refractivity contribution in [1.29, 1.82) is 0 Å². The summed E-state index contributed by atoms with van der Waals surface area (Å²) in [5, 5.41) is 8.68. The Balaban J connectivity index is 0.00000361. The largest absolute Gasteiger partial charge is 0.357 e. The summed E-state index contributed by atoms with van der Waals surface area (Å²) in [5.41, 5.74) is 0. The van der Waals surface area contributed by atoms with Crippen LogP contribution in [0, 0.1) is 0 Å². The molecule has 1 heterocycles. The van der Waals surface area contributed by atoms with E-state index in [2.05, 4.69) is 41.4 Å². The first-order chi connectivity index (χ1) is 9.26. The third-order valence-electron chi connectivity index (χ3n) is 2.55. The molecule has 116 valence electrons. The molecule has 7 heteroatoms. The minimum absolute atomic E-state index is 0. The number of hydrogen-bond acceptors (Lipinski definition) is 4. The molecule has 4 nitrogen and oxygen atoms in total. The summed E-state index contributed by atoms with van der Waals surface area (Å²) < 4.78 is 1.15. The first-order valence-electron chi connectivity index (χ1n) is 6.83. The fraction of sp³-hybridized carbons (Fsp3) is 0.692. The van der Waals surface area contributed by atoms with E-state index in [1.807, 2.05) is 23.3 Å². The lowest BCUT2D eigenvalue weighted by Gasteiger charge is -2.16. The second kappa shape index (κ2) is 12.7. The van der Waals surface area contributed by atoms with Crippen LogP contribution in [0.25, 0.3) is 0 Å². The van der Waals surface area contributed by atoms with Crippen molar-refractivity contribution >= 4 is 53.0 Å². The standard InChI is InChI=1S/C13H24N4S2.HI/c1-4-11(3)17-12(14-5-2)15-7-6-9-18-13-16-8-10-19-13;/h8,10-11H,4-7,9H2,1-3H3,(H2,14,15,17);1H. The van der Waals surface area contributed by atoms with Crippen molar-refractivity contribution in [3.63, 3.8) is 0 Å². The van der Waals surface area contributed by atoms with E-state index in [9.17, 15) is 0 Å². The molecule has 0 spiro atoms. The summed E-state index contributed by atoms with van der Waals surface area (Å²) in [4.78, 5) is 8.83. The Kier molecular flexibility index (Phi) is 12.7. The van der Waals surface area contributed by atoms with Crippen LogP contribution in [-0.4, -0.2) is 35.8 Å². The van der Waals surface area contributed by atoms with Gasteiger partial charge in [0.25, 0.3) is 0 Å². The number of aliphatic imine (C=N–C) groups is 1. The van der Waals surface area contributed by atoms with E-state index < -0.39 is 0 Å². The van der Waals surface area contributed by atoms with Gasteiger partial charge in [-0.1, -0.05) is 18.7 Å². The van der Waals surface area contributed by atoms with Gasteiger partial charge in [0.2, 0.25) is 0 Å². The normalized spacial score (nSPS) is 12.7. The molecule has 0 aromatic carbocycles. The Morgan fingerprint density at radius 1 is 1.50 bits per heavy atom. The van der Waals surface area contributed by atoms with Gasteiger partial charge in [0.05, 0.1) is 0 Å². The smallest absolute Gasteiger partial charge is 0.191 e. The third kappa shape index (κ3) is 9.02. The van der Waals surface area contributed by atoms with Crippen LogP contribution in [0.4, 0.5) is 0 Å². The molecule has 0 amide bonds. The minimum Gasteiger partial charge on any atom is -0.357 e. The highest BCUT2D eigenvalue weighted by atomic mass is 127. The van der Waals surface area contributed by atoms with Crippen LogP contribution in [0.2, 0.25) is 0 Å². The van der Waals surface area contributed by atoms with Crippen molar-refractivity contribution in [3.05, 3.63) is 11.6 Å². The summed E-state index contributed by atoms with van der Waals surface area (Å²) in [6, 6.07) is 0.461. The Morgan fingerprint density at radius 2 is 2.30 bits per heavy atom. The Hall–Kier alpha value is -0.0200. The quantitative estimate of drug-likeness (QED) is 0.219. The van der Waals surface area contributed by atoms with Crippen LogP contribution in [0.3, 0.4) is 0 Å². The fourth-order valence-electron chi connectivity index (χ4n) is 1.35. The van der Waals surface area contributed by atoms with Crippen molar-refractivity contribution in [2.24, 2.45) is 4.99 Å². The monoisotopic (exact) mass is 428 g/mol. The van der Waals surface area contributed by atoms with Gasteiger partial charge in [-0.15, -0.1) is 35.3 Å². The predicted octanol–water partition coefficient (Wildman–Crippen LogP) is 3.60. The zero-order valence-electron chi connectivity index (χ0n) is 12.4. The molecular formula is C13H25IN4S2. The van der Waals surface area contributed by atoms with Crippen LogP contribution in [0.1, 0.15) is 33.6 Å². The first-order valence-corrected chi connectivity index (χ1v) is 8.69. The van der Waals surface area contributed by atoms with Gasteiger partial charge in [0, 0.05) is 36.5 Å². The molecule has 1 unspecified atom stereocenters. The average Bonchev–Trinajstić information content (AvgIpc) is 2.91. The molecule has 1 rings (SSSR count). The van der Waals surface area contributed by atoms with Crippen molar-refractivity contribution < 1.29 is 0 Å². The van der Waals surface area contributed by atoms with Crippen molar-refractivity contribution in [2.45, 2.75) is 44.0 Å². The minimum atomic E-state index is 0. The molecule has 0 aliphatic rings. The number of thiazole rings is 1. The summed E-state index contributed by atoms with van der Waals surface area (Å²) in [6.07, 6.45) is 4.02.